The van der Waals surface area contributed by atoms with Gasteiger partial charge in [0.15, 0.2) is 5.78 Å². The van der Waals surface area contributed by atoms with E-state index in [0.29, 0.717) is 11.7 Å². The number of thiophene rings is 1. The summed E-state index contributed by atoms with van der Waals surface area (Å²) in [5.41, 5.74) is 0.998. The van der Waals surface area contributed by atoms with Crippen molar-refractivity contribution in [2.24, 2.45) is 5.92 Å². The van der Waals surface area contributed by atoms with Crippen LogP contribution in [0.1, 0.15) is 65.1 Å². The fourth-order valence-electron chi connectivity index (χ4n) is 2.81. The van der Waals surface area contributed by atoms with E-state index in [-0.39, 0.29) is 0 Å². The van der Waals surface area contributed by atoms with Gasteiger partial charge in [-0.3, -0.25) is 4.79 Å². The first-order valence-electron chi connectivity index (χ1n) is 6.79. The lowest BCUT2D eigenvalue weighted by Gasteiger charge is -2.18. The second-order valence-corrected chi connectivity index (χ2v) is 6.69. The molecule has 2 heteroatoms. The summed E-state index contributed by atoms with van der Waals surface area (Å²) in [5, 5.41) is 0. The third kappa shape index (κ3) is 3.19. The van der Waals surface area contributed by atoms with Gasteiger partial charge in [0.2, 0.25) is 0 Å². The van der Waals surface area contributed by atoms with E-state index in [2.05, 4.69) is 19.9 Å². The third-order valence-electron chi connectivity index (χ3n) is 3.78. The van der Waals surface area contributed by atoms with Gasteiger partial charge < -0.3 is 0 Å². The first-order valence-corrected chi connectivity index (χ1v) is 7.61. The van der Waals surface area contributed by atoms with Crippen LogP contribution in [0.15, 0.2) is 6.07 Å². The van der Waals surface area contributed by atoms with Gasteiger partial charge in [-0.2, -0.15) is 0 Å². The molecule has 1 aliphatic rings. The zero-order valence-electron chi connectivity index (χ0n) is 10.9. The summed E-state index contributed by atoms with van der Waals surface area (Å²) in [6.07, 6.45) is 8.66. The van der Waals surface area contributed by atoms with Crippen LogP contribution in [0.25, 0.3) is 0 Å². The van der Waals surface area contributed by atoms with Gasteiger partial charge in [0, 0.05) is 21.2 Å². The maximum atomic E-state index is 12.5. The monoisotopic (exact) mass is 250 g/mol. The van der Waals surface area contributed by atoms with Crippen LogP contribution in [0.5, 0.6) is 0 Å². The molecule has 0 N–H and O–H groups in total. The molecule has 1 heterocycles. The molecule has 1 nitrogen and oxygen atoms in total. The molecule has 0 unspecified atom stereocenters. The van der Waals surface area contributed by atoms with Crippen LogP contribution in [-0.2, 0) is 0 Å². The Labute approximate surface area is 108 Å². The Morgan fingerprint density at radius 1 is 1.12 bits per heavy atom. The van der Waals surface area contributed by atoms with E-state index in [1.807, 2.05) is 0 Å². The predicted octanol–water partition coefficient (Wildman–Crippen LogP) is 4.91. The Kier molecular flexibility index (Phi) is 4.38. The maximum absolute atomic E-state index is 12.5. The van der Waals surface area contributed by atoms with Crippen LogP contribution in [0, 0.1) is 19.8 Å². The highest BCUT2D eigenvalue weighted by molar-refractivity contribution is 7.12. The lowest BCUT2D eigenvalue weighted by Crippen LogP contribution is -2.16. The zero-order chi connectivity index (χ0) is 12.3. The molecule has 0 bridgehead atoms. The molecule has 94 valence electrons. The zero-order valence-corrected chi connectivity index (χ0v) is 11.7. The molecular formula is C15H22OS. The maximum Gasteiger partial charge on any atom is 0.167 e. The summed E-state index contributed by atoms with van der Waals surface area (Å²) >= 11 is 1.75. The average Bonchev–Trinajstić information content (AvgIpc) is 2.56. The highest BCUT2D eigenvalue weighted by atomic mass is 32.1. The van der Waals surface area contributed by atoms with Crippen molar-refractivity contribution < 1.29 is 4.79 Å². The van der Waals surface area contributed by atoms with Gasteiger partial charge in [-0.25, -0.2) is 0 Å². The summed E-state index contributed by atoms with van der Waals surface area (Å²) in [6, 6.07) is 2.08. The van der Waals surface area contributed by atoms with Crippen molar-refractivity contribution in [1.29, 1.82) is 0 Å². The topological polar surface area (TPSA) is 17.1 Å². The number of hydrogen-bond acceptors (Lipinski definition) is 2. The number of Topliss-reactive ketones (excluding diaryl/α,β-unsaturated/α-hetero) is 1. The lowest BCUT2D eigenvalue weighted by atomic mass is 9.86. The van der Waals surface area contributed by atoms with E-state index in [1.54, 1.807) is 11.3 Å². The first-order chi connectivity index (χ1) is 8.18. The molecule has 1 aromatic heterocycles. The van der Waals surface area contributed by atoms with Crippen molar-refractivity contribution >= 4 is 17.1 Å². The fourth-order valence-corrected chi connectivity index (χ4v) is 3.74. The van der Waals surface area contributed by atoms with E-state index in [0.717, 1.165) is 18.4 Å². The van der Waals surface area contributed by atoms with E-state index >= 15 is 0 Å². The number of hydrogen-bond donors (Lipinski definition) is 0. The standard InChI is InChI=1S/C15H22OS/c1-11-10-14(12(2)17-11)15(16)13-8-6-4-3-5-7-9-13/h10,13H,3-9H2,1-2H3. The minimum Gasteiger partial charge on any atom is -0.294 e. The summed E-state index contributed by atoms with van der Waals surface area (Å²) in [5.74, 6) is 0.705. The van der Waals surface area contributed by atoms with Crippen molar-refractivity contribution in [2.45, 2.75) is 58.8 Å². The van der Waals surface area contributed by atoms with Crippen LogP contribution in [0.3, 0.4) is 0 Å². The molecule has 17 heavy (non-hydrogen) atoms. The smallest absolute Gasteiger partial charge is 0.167 e. The summed E-state index contributed by atoms with van der Waals surface area (Å²) in [4.78, 5) is 15.0. The van der Waals surface area contributed by atoms with Crippen LogP contribution in [-0.4, -0.2) is 5.78 Å². The van der Waals surface area contributed by atoms with Crippen LogP contribution >= 0.6 is 11.3 Å². The summed E-state index contributed by atoms with van der Waals surface area (Å²) < 4.78 is 0. The number of ketones is 1. The molecule has 2 rings (SSSR count). The first kappa shape index (κ1) is 12.8. The van der Waals surface area contributed by atoms with E-state index in [1.165, 1.54) is 41.9 Å². The number of aryl methyl sites for hydroxylation is 2. The quantitative estimate of drug-likeness (QED) is 0.682. The van der Waals surface area contributed by atoms with Crippen molar-refractivity contribution in [3.05, 3.63) is 21.4 Å². The van der Waals surface area contributed by atoms with Gasteiger partial charge >= 0.3 is 0 Å². The van der Waals surface area contributed by atoms with E-state index in [9.17, 15) is 4.79 Å². The fraction of sp³-hybridized carbons (Fsp3) is 0.667. The Balaban J connectivity index is 2.09. The third-order valence-corrected chi connectivity index (χ3v) is 4.75. The minimum atomic E-state index is 0.294. The van der Waals surface area contributed by atoms with Crippen molar-refractivity contribution in [1.82, 2.24) is 0 Å². The largest absolute Gasteiger partial charge is 0.294 e. The summed E-state index contributed by atoms with van der Waals surface area (Å²) in [6.45, 7) is 4.17. The van der Waals surface area contributed by atoms with E-state index in [4.69, 9.17) is 0 Å². The Morgan fingerprint density at radius 3 is 2.24 bits per heavy atom. The molecular weight excluding hydrogens is 228 g/mol. The Morgan fingerprint density at radius 2 is 1.71 bits per heavy atom. The molecule has 0 saturated heterocycles. The molecule has 1 aliphatic carbocycles. The van der Waals surface area contributed by atoms with Crippen LogP contribution in [0.2, 0.25) is 0 Å². The number of rotatable bonds is 2. The average molecular weight is 250 g/mol. The van der Waals surface area contributed by atoms with Crippen LogP contribution < -0.4 is 0 Å². The molecule has 0 aliphatic heterocycles. The number of carbonyl (C=O) groups is 1. The molecule has 0 amide bonds. The van der Waals surface area contributed by atoms with Crippen molar-refractivity contribution in [2.75, 3.05) is 0 Å². The second-order valence-electron chi connectivity index (χ2n) is 5.23. The van der Waals surface area contributed by atoms with Gasteiger partial charge in [-0.1, -0.05) is 32.1 Å². The molecule has 0 atom stereocenters. The predicted molar refractivity (Wildman–Crippen MR) is 73.9 cm³/mol. The van der Waals surface area contributed by atoms with E-state index < -0.39 is 0 Å². The highest BCUT2D eigenvalue weighted by Gasteiger charge is 2.22. The van der Waals surface area contributed by atoms with Gasteiger partial charge in [-0.05, 0) is 32.8 Å². The minimum absolute atomic E-state index is 0.294. The molecule has 0 spiro atoms. The lowest BCUT2D eigenvalue weighted by molar-refractivity contribution is 0.0898. The van der Waals surface area contributed by atoms with Crippen molar-refractivity contribution in [3.63, 3.8) is 0 Å². The SMILES string of the molecule is Cc1cc(C(=O)C2CCCCCCC2)c(C)s1. The van der Waals surface area contributed by atoms with Gasteiger partial charge in [0.25, 0.3) is 0 Å². The molecule has 1 aromatic rings. The number of carbonyl (C=O) groups excluding carboxylic acids is 1. The normalized spacial score (nSPS) is 18.7. The summed E-state index contributed by atoms with van der Waals surface area (Å²) in [7, 11) is 0. The molecule has 1 fully saturated rings. The van der Waals surface area contributed by atoms with Gasteiger partial charge in [0.05, 0.1) is 0 Å². The van der Waals surface area contributed by atoms with Gasteiger partial charge in [-0.15, -0.1) is 11.3 Å². The van der Waals surface area contributed by atoms with Crippen molar-refractivity contribution in [3.8, 4) is 0 Å². The Bertz CT molecular complexity index is 384. The molecule has 1 saturated carbocycles. The molecule has 0 radical (unpaired) electrons. The van der Waals surface area contributed by atoms with Gasteiger partial charge in [0.1, 0.15) is 0 Å². The highest BCUT2D eigenvalue weighted by Crippen LogP contribution is 2.29. The molecule has 0 aromatic carbocycles. The Hall–Kier alpha value is -0.630. The second kappa shape index (κ2) is 5.81. The van der Waals surface area contributed by atoms with Crippen LogP contribution in [0.4, 0.5) is 0 Å².